The Morgan fingerprint density at radius 2 is 1.96 bits per heavy atom. The lowest BCUT2D eigenvalue weighted by molar-refractivity contribution is -0.137. The van der Waals surface area contributed by atoms with Crippen molar-refractivity contribution in [3.8, 4) is 0 Å². The molecule has 0 saturated carbocycles. The van der Waals surface area contributed by atoms with Crippen LogP contribution in [0.15, 0.2) is 36.5 Å². The number of hydrogen-bond acceptors (Lipinski definition) is 5. The zero-order chi connectivity index (χ0) is 16.9. The van der Waals surface area contributed by atoms with E-state index in [2.05, 4.69) is 20.6 Å². The molecule has 0 fully saturated rings. The van der Waals surface area contributed by atoms with Crippen LogP contribution in [-0.4, -0.2) is 42.1 Å². The van der Waals surface area contributed by atoms with Gasteiger partial charge in [-0.2, -0.15) is 18.2 Å². The molecule has 23 heavy (non-hydrogen) atoms. The summed E-state index contributed by atoms with van der Waals surface area (Å²) in [5.41, 5.74) is -0.437. The van der Waals surface area contributed by atoms with Crippen molar-refractivity contribution in [3.63, 3.8) is 0 Å². The number of halogens is 3. The van der Waals surface area contributed by atoms with Crippen molar-refractivity contribution < 1.29 is 13.2 Å². The summed E-state index contributed by atoms with van der Waals surface area (Å²) in [7, 11) is 3.92. The maximum atomic E-state index is 12.7. The molecule has 0 aliphatic rings. The van der Waals surface area contributed by atoms with Gasteiger partial charge in [-0.05, 0) is 38.4 Å². The molecule has 0 aliphatic carbocycles. The van der Waals surface area contributed by atoms with Gasteiger partial charge in [-0.15, -0.1) is 0 Å². The quantitative estimate of drug-likeness (QED) is 0.854. The van der Waals surface area contributed by atoms with E-state index in [1.54, 1.807) is 12.3 Å². The minimum atomic E-state index is -4.38. The molecule has 8 heteroatoms. The van der Waals surface area contributed by atoms with Crippen LogP contribution in [0.3, 0.4) is 0 Å². The molecule has 0 aliphatic heterocycles. The van der Waals surface area contributed by atoms with Crippen LogP contribution in [0.5, 0.6) is 0 Å². The lowest BCUT2D eigenvalue weighted by Gasteiger charge is -2.12. The minimum Gasteiger partial charge on any atom is -0.369 e. The molecule has 0 bridgehead atoms. The van der Waals surface area contributed by atoms with E-state index in [0.717, 1.165) is 18.7 Å². The van der Waals surface area contributed by atoms with Crippen LogP contribution in [0, 0.1) is 0 Å². The van der Waals surface area contributed by atoms with Gasteiger partial charge in [-0.25, -0.2) is 4.98 Å². The van der Waals surface area contributed by atoms with E-state index in [9.17, 15) is 13.2 Å². The molecule has 0 saturated heterocycles. The second-order valence-corrected chi connectivity index (χ2v) is 5.20. The molecule has 1 aromatic heterocycles. The van der Waals surface area contributed by atoms with Crippen molar-refractivity contribution >= 4 is 17.5 Å². The van der Waals surface area contributed by atoms with Gasteiger partial charge in [0.2, 0.25) is 5.95 Å². The summed E-state index contributed by atoms with van der Waals surface area (Å²) >= 11 is 0. The third-order valence-electron chi connectivity index (χ3n) is 2.97. The van der Waals surface area contributed by atoms with E-state index in [-0.39, 0.29) is 11.6 Å². The molecular weight excluding hydrogens is 307 g/mol. The van der Waals surface area contributed by atoms with E-state index in [1.165, 1.54) is 12.1 Å². The fourth-order valence-corrected chi connectivity index (χ4v) is 1.83. The highest BCUT2D eigenvalue weighted by Crippen LogP contribution is 2.31. The molecule has 0 atom stereocenters. The van der Waals surface area contributed by atoms with Crippen LogP contribution in [0.25, 0.3) is 0 Å². The van der Waals surface area contributed by atoms with Gasteiger partial charge in [-0.1, -0.05) is 6.07 Å². The topological polar surface area (TPSA) is 53.1 Å². The van der Waals surface area contributed by atoms with Gasteiger partial charge in [0, 0.05) is 25.0 Å². The van der Waals surface area contributed by atoms with Crippen LogP contribution in [0.2, 0.25) is 0 Å². The Morgan fingerprint density at radius 1 is 1.17 bits per heavy atom. The van der Waals surface area contributed by atoms with Gasteiger partial charge < -0.3 is 15.5 Å². The average Bonchev–Trinajstić information content (AvgIpc) is 2.47. The predicted octanol–water partition coefficient (Wildman–Crippen LogP) is 3.21. The van der Waals surface area contributed by atoms with Crippen molar-refractivity contribution in [1.29, 1.82) is 0 Å². The lowest BCUT2D eigenvalue weighted by Crippen LogP contribution is -2.21. The second kappa shape index (κ2) is 7.28. The molecule has 124 valence electrons. The number of hydrogen-bond donors (Lipinski definition) is 2. The van der Waals surface area contributed by atoms with Gasteiger partial charge in [0.15, 0.2) is 0 Å². The molecule has 0 spiro atoms. The van der Waals surface area contributed by atoms with Gasteiger partial charge in [-0.3, -0.25) is 0 Å². The first-order valence-corrected chi connectivity index (χ1v) is 7.00. The van der Waals surface area contributed by atoms with Crippen LogP contribution in [-0.2, 0) is 6.18 Å². The summed E-state index contributed by atoms with van der Waals surface area (Å²) in [6, 6.07) is 6.61. The molecule has 0 amide bonds. The molecule has 5 nitrogen and oxygen atoms in total. The predicted molar refractivity (Wildman–Crippen MR) is 83.8 cm³/mol. The molecule has 0 unspecified atom stereocenters. The summed E-state index contributed by atoms with van der Waals surface area (Å²) in [4.78, 5) is 10.3. The zero-order valence-electron chi connectivity index (χ0n) is 12.9. The number of nitrogens with one attached hydrogen (secondary N) is 2. The first-order valence-electron chi connectivity index (χ1n) is 7.00. The molecule has 2 aromatic rings. The first kappa shape index (κ1) is 17.0. The highest BCUT2D eigenvalue weighted by molar-refractivity contribution is 5.56. The van der Waals surface area contributed by atoms with Gasteiger partial charge in [0.1, 0.15) is 5.82 Å². The molecular formula is C15H18F3N5. The Bertz CT molecular complexity index is 643. The Hall–Kier alpha value is -2.35. The summed E-state index contributed by atoms with van der Waals surface area (Å²) < 4.78 is 38.1. The summed E-state index contributed by atoms with van der Waals surface area (Å²) in [5, 5.41) is 5.91. The molecule has 2 N–H and O–H groups in total. The highest BCUT2D eigenvalue weighted by atomic mass is 19.4. The molecule has 2 rings (SSSR count). The summed E-state index contributed by atoms with van der Waals surface area (Å²) in [6.45, 7) is 1.54. The Labute approximate surface area is 132 Å². The third kappa shape index (κ3) is 5.41. The van der Waals surface area contributed by atoms with E-state index < -0.39 is 11.7 Å². The third-order valence-corrected chi connectivity index (χ3v) is 2.97. The average molecular weight is 325 g/mol. The van der Waals surface area contributed by atoms with E-state index >= 15 is 0 Å². The fourth-order valence-electron chi connectivity index (χ4n) is 1.83. The normalized spacial score (nSPS) is 11.6. The standard InChI is InChI=1S/C15H18F3N5/c1-23(2)9-8-19-13-6-7-20-14(22-13)21-12-5-3-4-11(10-12)15(16,17)18/h3-7,10H,8-9H2,1-2H3,(H2,19,20,21,22). The van der Waals surface area contributed by atoms with Crippen LogP contribution < -0.4 is 10.6 Å². The molecule has 0 radical (unpaired) electrons. The lowest BCUT2D eigenvalue weighted by atomic mass is 10.2. The zero-order valence-corrected chi connectivity index (χ0v) is 12.9. The van der Waals surface area contributed by atoms with E-state index in [1.807, 2.05) is 19.0 Å². The second-order valence-electron chi connectivity index (χ2n) is 5.20. The Balaban J connectivity index is 2.06. The summed E-state index contributed by atoms with van der Waals surface area (Å²) in [5.74, 6) is 0.843. The number of likely N-dealkylation sites (N-methyl/N-ethyl adjacent to an activating group) is 1. The monoisotopic (exact) mass is 325 g/mol. The van der Waals surface area contributed by atoms with Crippen molar-refractivity contribution in [1.82, 2.24) is 14.9 Å². The number of nitrogens with zero attached hydrogens (tertiary/aromatic N) is 3. The Kier molecular flexibility index (Phi) is 5.38. The largest absolute Gasteiger partial charge is 0.416 e. The maximum Gasteiger partial charge on any atom is 0.416 e. The number of alkyl halides is 3. The maximum absolute atomic E-state index is 12.7. The SMILES string of the molecule is CN(C)CCNc1ccnc(Nc2cccc(C(F)(F)F)c2)n1. The highest BCUT2D eigenvalue weighted by Gasteiger charge is 2.30. The first-order chi connectivity index (χ1) is 10.8. The van der Waals surface area contributed by atoms with E-state index in [4.69, 9.17) is 0 Å². The number of anilines is 3. The van der Waals surface area contributed by atoms with Crippen molar-refractivity contribution in [2.24, 2.45) is 0 Å². The smallest absolute Gasteiger partial charge is 0.369 e. The van der Waals surface area contributed by atoms with Crippen molar-refractivity contribution in [2.45, 2.75) is 6.18 Å². The van der Waals surface area contributed by atoms with Crippen LogP contribution >= 0.6 is 0 Å². The van der Waals surface area contributed by atoms with Crippen LogP contribution in [0.4, 0.5) is 30.6 Å². The molecule has 1 heterocycles. The van der Waals surface area contributed by atoms with Crippen molar-refractivity contribution in [2.75, 3.05) is 37.8 Å². The van der Waals surface area contributed by atoms with Gasteiger partial charge in [0.05, 0.1) is 5.56 Å². The number of benzene rings is 1. The summed E-state index contributed by atoms with van der Waals surface area (Å²) in [6.07, 6.45) is -2.84. The van der Waals surface area contributed by atoms with Crippen LogP contribution in [0.1, 0.15) is 5.56 Å². The van der Waals surface area contributed by atoms with E-state index in [0.29, 0.717) is 12.4 Å². The fraction of sp³-hybridized carbons (Fsp3) is 0.333. The minimum absolute atomic E-state index is 0.235. The Morgan fingerprint density at radius 3 is 2.65 bits per heavy atom. The number of rotatable bonds is 6. The number of aromatic nitrogens is 2. The van der Waals surface area contributed by atoms with Crippen molar-refractivity contribution in [3.05, 3.63) is 42.1 Å². The van der Waals surface area contributed by atoms with Gasteiger partial charge >= 0.3 is 6.18 Å². The van der Waals surface area contributed by atoms with Gasteiger partial charge in [0.25, 0.3) is 0 Å². The molecule has 1 aromatic carbocycles.